The van der Waals surface area contributed by atoms with Crippen molar-refractivity contribution in [3.63, 3.8) is 0 Å². The Bertz CT molecular complexity index is 788. The molecular weight excluding hydrogens is 342 g/mol. The van der Waals surface area contributed by atoms with E-state index in [0.717, 1.165) is 14.1 Å². The normalized spacial score (nSPS) is 11.6. The van der Waals surface area contributed by atoms with E-state index >= 15 is 0 Å². The van der Waals surface area contributed by atoms with E-state index in [4.69, 9.17) is 5.26 Å². The lowest BCUT2D eigenvalue weighted by molar-refractivity contribution is 0.571. The van der Waals surface area contributed by atoms with Crippen LogP contribution in [-0.4, -0.2) is 22.9 Å². The van der Waals surface area contributed by atoms with Crippen LogP contribution >= 0.6 is 15.9 Å². The van der Waals surface area contributed by atoms with Gasteiger partial charge in [0, 0.05) is 10.0 Å². The Labute approximate surface area is 126 Å². The highest BCUT2D eigenvalue weighted by Crippen LogP contribution is 2.25. The quantitative estimate of drug-likeness (QED) is 0.849. The molecule has 0 aliphatic carbocycles. The van der Waals surface area contributed by atoms with Gasteiger partial charge in [-0.25, -0.2) is 8.42 Å². The topological polar surface area (TPSA) is 75.8 Å². The van der Waals surface area contributed by atoms with Gasteiger partial charge < -0.3 is 0 Å². The van der Waals surface area contributed by atoms with Crippen LogP contribution in [0.15, 0.2) is 35.1 Å². The SMILES string of the molecule is CC(C)S(=O)(=O)n1cc(-c2cc(Br)cc(C#N)c2)cn1. The first-order valence-electron chi connectivity index (χ1n) is 5.84. The van der Waals surface area contributed by atoms with Gasteiger partial charge in [-0.3, -0.25) is 0 Å². The fourth-order valence-electron chi connectivity index (χ4n) is 1.63. The number of nitriles is 1. The van der Waals surface area contributed by atoms with E-state index in [2.05, 4.69) is 27.1 Å². The number of halogens is 1. The highest BCUT2D eigenvalue weighted by molar-refractivity contribution is 9.10. The third kappa shape index (κ3) is 2.76. The maximum absolute atomic E-state index is 12.0. The zero-order valence-corrected chi connectivity index (χ0v) is 13.3. The first-order valence-corrected chi connectivity index (χ1v) is 8.14. The van der Waals surface area contributed by atoms with Crippen LogP contribution in [0.1, 0.15) is 19.4 Å². The van der Waals surface area contributed by atoms with Gasteiger partial charge in [-0.05, 0) is 37.6 Å². The Morgan fingerprint density at radius 2 is 2.00 bits per heavy atom. The third-order valence-electron chi connectivity index (χ3n) is 2.78. The summed E-state index contributed by atoms with van der Waals surface area (Å²) in [6, 6.07) is 7.25. The maximum atomic E-state index is 12.0. The Kier molecular flexibility index (Phi) is 3.97. The van der Waals surface area contributed by atoms with Crippen molar-refractivity contribution in [1.29, 1.82) is 5.26 Å². The van der Waals surface area contributed by atoms with Crippen molar-refractivity contribution in [2.24, 2.45) is 0 Å². The van der Waals surface area contributed by atoms with Crippen LogP contribution in [-0.2, 0) is 10.0 Å². The van der Waals surface area contributed by atoms with Gasteiger partial charge in [0.1, 0.15) is 0 Å². The summed E-state index contributed by atoms with van der Waals surface area (Å²) >= 11 is 3.32. The Hall–Kier alpha value is -1.65. The summed E-state index contributed by atoms with van der Waals surface area (Å²) in [6.45, 7) is 3.20. The van der Waals surface area contributed by atoms with E-state index in [1.165, 1.54) is 12.4 Å². The highest BCUT2D eigenvalue weighted by Gasteiger charge is 2.19. The number of nitrogens with zero attached hydrogens (tertiary/aromatic N) is 3. The Morgan fingerprint density at radius 3 is 2.60 bits per heavy atom. The van der Waals surface area contributed by atoms with E-state index < -0.39 is 15.3 Å². The smallest absolute Gasteiger partial charge is 0.204 e. The van der Waals surface area contributed by atoms with Gasteiger partial charge in [0.2, 0.25) is 0 Å². The summed E-state index contributed by atoms with van der Waals surface area (Å²) in [5, 5.41) is 12.3. The lowest BCUT2D eigenvalue weighted by Crippen LogP contribution is -2.22. The van der Waals surface area contributed by atoms with E-state index in [9.17, 15) is 8.42 Å². The van der Waals surface area contributed by atoms with Crippen LogP contribution in [0.3, 0.4) is 0 Å². The molecule has 104 valence electrons. The van der Waals surface area contributed by atoms with Gasteiger partial charge in [0.05, 0.1) is 29.3 Å². The minimum atomic E-state index is -3.46. The van der Waals surface area contributed by atoms with Crippen molar-refractivity contribution in [3.05, 3.63) is 40.6 Å². The van der Waals surface area contributed by atoms with Gasteiger partial charge in [-0.15, -0.1) is 0 Å². The third-order valence-corrected chi connectivity index (χ3v) is 5.15. The molecule has 2 rings (SSSR count). The average Bonchev–Trinajstić information content (AvgIpc) is 2.87. The number of rotatable bonds is 3. The molecule has 0 saturated heterocycles. The molecule has 0 atom stereocenters. The number of hydrogen-bond donors (Lipinski definition) is 0. The van der Waals surface area contributed by atoms with E-state index in [-0.39, 0.29) is 0 Å². The molecule has 5 nitrogen and oxygen atoms in total. The molecule has 20 heavy (non-hydrogen) atoms. The molecule has 7 heteroatoms. The first-order chi connectivity index (χ1) is 9.34. The second kappa shape index (κ2) is 5.38. The minimum absolute atomic E-state index is 0.494. The van der Waals surface area contributed by atoms with Crippen LogP contribution in [0.4, 0.5) is 0 Å². The van der Waals surface area contributed by atoms with Crippen molar-refractivity contribution in [3.8, 4) is 17.2 Å². The molecule has 0 aliphatic rings. The molecule has 1 heterocycles. The molecule has 0 N–H and O–H groups in total. The Balaban J connectivity index is 2.50. The molecule has 0 amide bonds. The predicted octanol–water partition coefficient (Wildman–Crippen LogP) is 2.77. The van der Waals surface area contributed by atoms with Gasteiger partial charge >= 0.3 is 0 Å². The molecule has 2 aromatic rings. The summed E-state index contributed by atoms with van der Waals surface area (Å²) in [7, 11) is -3.46. The number of hydrogen-bond acceptors (Lipinski definition) is 4. The summed E-state index contributed by atoms with van der Waals surface area (Å²) < 4.78 is 25.7. The largest absolute Gasteiger partial charge is 0.256 e. The first kappa shape index (κ1) is 14.8. The molecule has 0 fully saturated rings. The van der Waals surface area contributed by atoms with Crippen molar-refractivity contribution in [2.75, 3.05) is 0 Å². The van der Waals surface area contributed by atoms with Gasteiger partial charge in [0.25, 0.3) is 10.0 Å². The zero-order valence-electron chi connectivity index (χ0n) is 10.9. The highest BCUT2D eigenvalue weighted by atomic mass is 79.9. The van der Waals surface area contributed by atoms with Crippen LogP contribution in [0.25, 0.3) is 11.1 Å². The molecule has 0 saturated carbocycles. The fraction of sp³-hybridized carbons (Fsp3) is 0.231. The molecule has 0 unspecified atom stereocenters. The van der Waals surface area contributed by atoms with Crippen LogP contribution in [0, 0.1) is 11.3 Å². The second-order valence-electron chi connectivity index (χ2n) is 4.54. The Morgan fingerprint density at radius 1 is 1.30 bits per heavy atom. The van der Waals surface area contributed by atoms with Crippen molar-refractivity contribution < 1.29 is 8.42 Å². The zero-order chi connectivity index (χ0) is 14.9. The van der Waals surface area contributed by atoms with E-state index in [0.29, 0.717) is 11.1 Å². The van der Waals surface area contributed by atoms with Gasteiger partial charge in [0.15, 0.2) is 0 Å². The van der Waals surface area contributed by atoms with Crippen LogP contribution in [0.2, 0.25) is 0 Å². The van der Waals surface area contributed by atoms with Crippen molar-refractivity contribution >= 4 is 26.0 Å². The lowest BCUT2D eigenvalue weighted by Gasteiger charge is -2.06. The molecular formula is C13H12BrN3O2S. The van der Waals surface area contributed by atoms with E-state index in [1.807, 2.05) is 6.07 Å². The lowest BCUT2D eigenvalue weighted by atomic mass is 10.1. The summed E-state index contributed by atoms with van der Waals surface area (Å²) in [5.74, 6) is 0. The summed E-state index contributed by atoms with van der Waals surface area (Å²) in [5.41, 5.74) is 1.88. The summed E-state index contributed by atoms with van der Waals surface area (Å²) in [4.78, 5) is 0. The van der Waals surface area contributed by atoms with Crippen molar-refractivity contribution in [2.45, 2.75) is 19.1 Å². The van der Waals surface area contributed by atoms with Crippen LogP contribution < -0.4 is 0 Å². The molecule has 0 radical (unpaired) electrons. The molecule has 0 spiro atoms. The van der Waals surface area contributed by atoms with Gasteiger partial charge in [-0.2, -0.15) is 14.4 Å². The van der Waals surface area contributed by atoms with Gasteiger partial charge in [-0.1, -0.05) is 15.9 Å². The number of benzene rings is 1. The molecule has 0 aliphatic heterocycles. The molecule has 1 aromatic heterocycles. The average molecular weight is 354 g/mol. The predicted molar refractivity (Wildman–Crippen MR) is 79.5 cm³/mol. The van der Waals surface area contributed by atoms with E-state index in [1.54, 1.807) is 26.0 Å². The second-order valence-corrected chi connectivity index (χ2v) is 7.80. The van der Waals surface area contributed by atoms with Crippen molar-refractivity contribution in [1.82, 2.24) is 9.19 Å². The standard InChI is InChI=1S/C13H12BrN3O2S/c1-9(2)20(18,19)17-8-12(7-16-17)11-3-10(6-15)4-13(14)5-11/h3-5,7-9H,1-2H3. The molecule has 1 aromatic carbocycles. The monoisotopic (exact) mass is 353 g/mol. The summed E-state index contributed by atoms with van der Waals surface area (Å²) in [6.07, 6.45) is 2.93. The minimum Gasteiger partial charge on any atom is -0.204 e. The molecule has 0 bridgehead atoms. The fourth-order valence-corrected chi connectivity index (χ4v) is 2.99. The van der Waals surface area contributed by atoms with Crippen LogP contribution in [0.5, 0.6) is 0 Å². The number of aromatic nitrogens is 2. The maximum Gasteiger partial charge on any atom is 0.256 e.